The zero-order valence-electron chi connectivity index (χ0n) is 17.0. The van der Waals surface area contributed by atoms with E-state index in [4.69, 9.17) is 9.26 Å². The summed E-state index contributed by atoms with van der Waals surface area (Å²) in [6.45, 7) is 6.85. The molecular formula is C21H24N6O3. The fraction of sp³-hybridized carbons (Fsp3) is 0.333. The van der Waals surface area contributed by atoms with Gasteiger partial charge in [0.15, 0.2) is 12.4 Å². The van der Waals surface area contributed by atoms with Gasteiger partial charge in [0.2, 0.25) is 11.8 Å². The molecule has 1 saturated heterocycles. The lowest BCUT2D eigenvalue weighted by Gasteiger charge is -2.36. The van der Waals surface area contributed by atoms with Crippen molar-refractivity contribution in [2.24, 2.45) is 0 Å². The SMILES string of the molecule is Cc1cc(OCC(=O)Nc2cc(C)on2)nc(N2CCN(c3ccccc3)CC2)n1. The van der Waals surface area contributed by atoms with E-state index in [0.29, 0.717) is 23.4 Å². The summed E-state index contributed by atoms with van der Waals surface area (Å²) in [6, 6.07) is 13.7. The number of hydrogen-bond donors (Lipinski definition) is 1. The van der Waals surface area contributed by atoms with Crippen molar-refractivity contribution in [3.63, 3.8) is 0 Å². The normalized spacial score (nSPS) is 13.9. The lowest BCUT2D eigenvalue weighted by Crippen LogP contribution is -2.47. The van der Waals surface area contributed by atoms with Gasteiger partial charge in [0.25, 0.3) is 5.91 Å². The first-order valence-electron chi connectivity index (χ1n) is 9.83. The van der Waals surface area contributed by atoms with Crippen molar-refractivity contribution in [3.05, 3.63) is 53.9 Å². The maximum absolute atomic E-state index is 12.1. The van der Waals surface area contributed by atoms with Crippen LogP contribution in [0.5, 0.6) is 5.88 Å². The van der Waals surface area contributed by atoms with Crippen molar-refractivity contribution in [2.75, 3.05) is 47.9 Å². The predicted octanol–water partition coefficient (Wildman–Crippen LogP) is 2.43. The quantitative estimate of drug-likeness (QED) is 0.664. The molecule has 4 rings (SSSR count). The summed E-state index contributed by atoms with van der Waals surface area (Å²) in [7, 11) is 0. The second-order valence-corrected chi connectivity index (χ2v) is 7.12. The summed E-state index contributed by atoms with van der Waals surface area (Å²) >= 11 is 0. The molecule has 3 aromatic rings. The third kappa shape index (κ3) is 4.86. The Labute approximate surface area is 174 Å². The van der Waals surface area contributed by atoms with E-state index in [1.54, 1.807) is 19.1 Å². The first-order valence-corrected chi connectivity index (χ1v) is 9.83. The van der Waals surface area contributed by atoms with Crippen LogP contribution in [0.2, 0.25) is 0 Å². The Hall–Kier alpha value is -3.62. The average Bonchev–Trinajstić information content (AvgIpc) is 3.17. The van der Waals surface area contributed by atoms with Crippen LogP contribution in [-0.2, 0) is 4.79 Å². The number of amides is 1. The summed E-state index contributed by atoms with van der Waals surface area (Å²) < 4.78 is 10.5. The van der Waals surface area contributed by atoms with Gasteiger partial charge in [-0.3, -0.25) is 4.79 Å². The van der Waals surface area contributed by atoms with Crippen molar-refractivity contribution >= 4 is 23.4 Å². The molecule has 9 heteroatoms. The lowest BCUT2D eigenvalue weighted by atomic mass is 10.2. The molecule has 0 spiro atoms. The van der Waals surface area contributed by atoms with Crippen LogP contribution in [0.15, 0.2) is 47.0 Å². The van der Waals surface area contributed by atoms with E-state index in [1.807, 2.05) is 13.0 Å². The summed E-state index contributed by atoms with van der Waals surface area (Å²) in [4.78, 5) is 25.6. The van der Waals surface area contributed by atoms with Crippen molar-refractivity contribution in [1.29, 1.82) is 0 Å². The highest BCUT2D eigenvalue weighted by Gasteiger charge is 2.20. The molecule has 0 unspecified atom stereocenters. The molecule has 156 valence electrons. The molecule has 3 heterocycles. The molecule has 2 aromatic heterocycles. The van der Waals surface area contributed by atoms with Gasteiger partial charge in [-0.25, -0.2) is 4.98 Å². The van der Waals surface area contributed by atoms with Gasteiger partial charge in [-0.05, 0) is 26.0 Å². The fourth-order valence-electron chi connectivity index (χ4n) is 3.29. The molecule has 9 nitrogen and oxygen atoms in total. The van der Waals surface area contributed by atoms with Crippen molar-refractivity contribution in [2.45, 2.75) is 13.8 Å². The topological polar surface area (TPSA) is 96.6 Å². The summed E-state index contributed by atoms with van der Waals surface area (Å²) in [5, 5.41) is 6.35. The van der Waals surface area contributed by atoms with Crippen LogP contribution in [0.3, 0.4) is 0 Å². The predicted molar refractivity (Wildman–Crippen MR) is 113 cm³/mol. The van der Waals surface area contributed by atoms with E-state index in [-0.39, 0.29) is 12.5 Å². The Balaban J connectivity index is 1.34. The number of hydrogen-bond acceptors (Lipinski definition) is 8. The van der Waals surface area contributed by atoms with E-state index < -0.39 is 0 Å². The van der Waals surface area contributed by atoms with Crippen LogP contribution in [0, 0.1) is 13.8 Å². The molecule has 0 aliphatic carbocycles. The molecule has 1 aromatic carbocycles. The fourth-order valence-corrected chi connectivity index (χ4v) is 3.29. The van der Waals surface area contributed by atoms with Crippen molar-refractivity contribution < 1.29 is 14.1 Å². The third-order valence-corrected chi connectivity index (χ3v) is 4.75. The number of carbonyl (C=O) groups excluding carboxylic acids is 1. The van der Waals surface area contributed by atoms with Crippen LogP contribution >= 0.6 is 0 Å². The standard InChI is InChI=1S/C21H24N6O3/c1-15-12-20(29-14-19(28)23-18-13-16(2)30-25-18)24-21(22-15)27-10-8-26(9-11-27)17-6-4-3-5-7-17/h3-7,12-13H,8-11,14H2,1-2H3,(H,23,25,28). The number of aryl methyl sites for hydroxylation is 2. The first-order chi connectivity index (χ1) is 14.6. The Kier molecular flexibility index (Phi) is 5.78. The average molecular weight is 408 g/mol. The molecule has 1 amide bonds. The van der Waals surface area contributed by atoms with Gasteiger partial charge in [-0.15, -0.1) is 0 Å². The first kappa shape index (κ1) is 19.7. The highest BCUT2D eigenvalue weighted by molar-refractivity contribution is 5.90. The largest absolute Gasteiger partial charge is 0.467 e. The Morgan fingerprint density at radius 2 is 1.80 bits per heavy atom. The van der Waals surface area contributed by atoms with Crippen molar-refractivity contribution in [1.82, 2.24) is 15.1 Å². The second-order valence-electron chi connectivity index (χ2n) is 7.12. The molecule has 0 atom stereocenters. The number of rotatable bonds is 6. The Bertz CT molecular complexity index is 999. The summed E-state index contributed by atoms with van der Waals surface area (Å²) in [5.74, 6) is 1.63. The number of piperazine rings is 1. The minimum absolute atomic E-state index is 0.177. The number of nitrogens with one attached hydrogen (secondary N) is 1. The van der Waals surface area contributed by atoms with Gasteiger partial charge in [0, 0.05) is 49.7 Å². The smallest absolute Gasteiger partial charge is 0.263 e. The third-order valence-electron chi connectivity index (χ3n) is 4.75. The van der Waals surface area contributed by atoms with E-state index in [1.165, 1.54) is 5.69 Å². The summed E-state index contributed by atoms with van der Waals surface area (Å²) in [5.41, 5.74) is 2.01. The highest BCUT2D eigenvalue weighted by atomic mass is 16.5. The van der Waals surface area contributed by atoms with Crippen LogP contribution in [-0.4, -0.2) is 53.8 Å². The van der Waals surface area contributed by atoms with Crippen LogP contribution < -0.4 is 19.9 Å². The van der Waals surface area contributed by atoms with Gasteiger partial charge in [-0.2, -0.15) is 4.98 Å². The van der Waals surface area contributed by atoms with Crippen LogP contribution in [0.4, 0.5) is 17.5 Å². The number of ether oxygens (including phenoxy) is 1. The van der Waals surface area contributed by atoms with E-state index in [9.17, 15) is 4.79 Å². The number of anilines is 3. The van der Waals surface area contributed by atoms with E-state index in [0.717, 1.165) is 31.9 Å². The molecule has 30 heavy (non-hydrogen) atoms. The molecule has 1 aliphatic rings. The minimum Gasteiger partial charge on any atom is -0.467 e. The van der Waals surface area contributed by atoms with Gasteiger partial charge in [-0.1, -0.05) is 23.4 Å². The lowest BCUT2D eigenvalue weighted by molar-refractivity contribution is -0.118. The maximum Gasteiger partial charge on any atom is 0.263 e. The number of para-hydroxylation sites is 1. The molecule has 1 N–H and O–H groups in total. The monoisotopic (exact) mass is 408 g/mol. The zero-order chi connectivity index (χ0) is 20.9. The minimum atomic E-state index is -0.336. The van der Waals surface area contributed by atoms with E-state index in [2.05, 4.69) is 54.5 Å². The molecule has 0 saturated carbocycles. The highest BCUT2D eigenvalue weighted by Crippen LogP contribution is 2.20. The molecule has 0 bridgehead atoms. The van der Waals surface area contributed by atoms with Crippen molar-refractivity contribution in [3.8, 4) is 5.88 Å². The number of aromatic nitrogens is 3. The van der Waals surface area contributed by atoms with Gasteiger partial charge < -0.3 is 24.4 Å². The van der Waals surface area contributed by atoms with Gasteiger partial charge >= 0.3 is 0 Å². The van der Waals surface area contributed by atoms with Gasteiger partial charge in [0.1, 0.15) is 5.76 Å². The number of carbonyl (C=O) groups is 1. The molecular weight excluding hydrogens is 384 g/mol. The number of benzene rings is 1. The molecule has 1 aliphatic heterocycles. The Morgan fingerprint density at radius 1 is 1.07 bits per heavy atom. The zero-order valence-corrected chi connectivity index (χ0v) is 17.0. The van der Waals surface area contributed by atoms with Gasteiger partial charge in [0.05, 0.1) is 0 Å². The Morgan fingerprint density at radius 3 is 2.50 bits per heavy atom. The molecule has 1 fully saturated rings. The van der Waals surface area contributed by atoms with E-state index >= 15 is 0 Å². The second kappa shape index (κ2) is 8.81. The van der Waals surface area contributed by atoms with Crippen LogP contribution in [0.1, 0.15) is 11.5 Å². The molecule has 0 radical (unpaired) electrons. The van der Waals surface area contributed by atoms with Crippen LogP contribution in [0.25, 0.3) is 0 Å². The maximum atomic E-state index is 12.1. The summed E-state index contributed by atoms with van der Waals surface area (Å²) in [6.07, 6.45) is 0. The number of nitrogens with zero attached hydrogens (tertiary/aromatic N) is 5.